The molecule has 0 aromatic carbocycles. The van der Waals surface area contributed by atoms with E-state index in [-0.39, 0.29) is 12.8 Å². The average Bonchev–Trinajstić information content (AvgIpc) is 2.90. The van der Waals surface area contributed by atoms with Crippen LogP contribution in [-0.4, -0.2) is 66.5 Å². The number of aliphatic carboxylic acids is 6. The Hall–Kier alpha value is -4.94. The highest BCUT2D eigenvalue weighted by Crippen LogP contribution is 2.09. The van der Waals surface area contributed by atoms with Crippen molar-refractivity contribution in [3.05, 3.63) is 0 Å². The van der Waals surface area contributed by atoms with Crippen molar-refractivity contribution in [3.8, 4) is 47.4 Å². The highest BCUT2D eigenvalue weighted by molar-refractivity contribution is 5.96. The molecule has 0 aromatic rings. The fraction of sp³-hybridized carbons (Fsp3) is 0.533. The summed E-state index contributed by atoms with van der Waals surface area (Å²) in [5, 5.41) is 48.0. The minimum absolute atomic E-state index is 0.289. The molecule has 0 spiro atoms. The summed E-state index contributed by atoms with van der Waals surface area (Å²) in [6.45, 7) is 0. The third-order valence-corrected chi connectivity index (χ3v) is 4.68. The van der Waals surface area contributed by atoms with E-state index in [1.165, 1.54) is 23.7 Å². The molecule has 0 aliphatic rings. The zero-order chi connectivity index (χ0) is 32.4. The standard InChI is InChI=1S/C22H34O4.2C4H2O4/c23-21(24)19-17-15-13-11-9-7-5-3-1-2-4-6-8-10-12-14-16-18-20-22(25)26;2*5-3(6)1-2-4(7)8/h5-20H2,(H,23,24)(H,25,26);2*(H,5,6)(H,7,8). The van der Waals surface area contributed by atoms with Crippen molar-refractivity contribution >= 4 is 35.8 Å². The van der Waals surface area contributed by atoms with Crippen LogP contribution in [0.5, 0.6) is 0 Å². The minimum atomic E-state index is -1.44. The van der Waals surface area contributed by atoms with Gasteiger partial charge in [0.2, 0.25) is 0 Å². The number of unbranched alkanes of at least 4 members (excludes halogenated alkanes) is 12. The molecule has 0 amide bonds. The summed E-state index contributed by atoms with van der Waals surface area (Å²) in [7, 11) is 0. The van der Waals surface area contributed by atoms with E-state index in [1.54, 1.807) is 0 Å². The van der Waals surface area contributed by atoms with Gasteiger partial charge in [-0.15, -0.1) is 0 Å². The van der Waals surface area contributed by atoms with E-state index in [2.05, 4.69) is 23.7 Å². The molecule has 6 N–H and O–H groups in total. The zero-order valence-electron chi connectivity index (χ0n) is 23.4. The molecule has 0 aliphatic heterocycles. The Morgan fingerprint density at radius 3 is 0.833 bits per heavy atom. The monoisotopic (exact) mass is 590 g/mol. The lowest BCUT2D eigenvalue weighted by molar-refractivity contribution is -0.138. The van der Waals surface area contributed by atoms with Crippen LogP contribution in [0.3, 0.4) is 0 Å². The Balaban J connectivity index is -0.000000770. The second-order valence-corrected chi connectivity index (χ2v) is 8.35. The van der Waals surface area contributed by atoms with Gasteiger partial charge in [-0.3, -0.25) is 9.59 Å². The summed E-state index contributed by atoms with van der Waals surface area (Å²) < 4.78 is 0. The van der Waals surface area contributed by atoms with Crippen molar-refractivity contribution in [2.45, 2.75) is 103 Å². The smallest absolute Gasteiger partial charge is 0.382 e. The lowest BCUT2D eigenvalue weighted by Crippen LogP contribution is -1.93. The minimum Gasteiger partial charge on any atom is -0.481 e. The lowest BCUT2D eigenvalue weighted by atomic mass is 10.1. The van der Waals surface area contributed by atoms with Gasteiger partial charge in [0.25, 0.3) is 0 Å². The maximum absolute atomic E-state index is 10.4. The average molecular weight is 591 g/mol. The Morgan fingerprint density at radius 1 is 0.357 bits per heavy atom. The van der Waals surface area contributed by atoms with Crippen LogP contribution in [0, 0.1) is 47.4 Å². The van der Waals surface area contributed by atoms with Crippen molar-refractivity contribution in [1.29, 1.82) is 0 Å². The summed E-state index contributed by atoms with van der Waals surface area (Å²) in [4.78, 5) is 58.6. The van der Waals surface area contributed by atoms with Crippen LogP contribution >= 0.6 is 0 Å². The normalized spacial score (nSPS) is 8.48. The number of carbonyl (C=O) groups is 6. The summed E-state index contributed by atoms with van der Waals surface area (Å²) in [6, 6.07) is 0. The molecule has 0 bridgehead atoms. The van der Waals surface area contributed by atoms with E-state index in [4.69, 9.17) is 30.6 Å². The third kappa shape index (κ3) is 51.7. The van der Waals surface area contributed by atoms with Crippen molar-refractivity contribution in [1.82, 2.24) is 0 Å². The SMILES string of the molecule is O=C(O)C#CC(=O)O.O=C(O)C#CC(=O)O.O=C(O)CCCCCCCCC#CC#CCCCCCCCCC(=O)O. The van der Waals surface area contributed by atoms with E-state index in [1.807, 2.05) is 0 Å². The van der Waals surface area contributed by atoms with E-state index in [0.29, 0.717) is 0 Å². The quantitative estimate of drug-likeness (QED) is 0.112. The molecule has 0 saturated carbocycles. The number of rotatable bonds is 16. The number of carboxylic acid groups (broad SMARTS) is 6. The molecular formula is C30H38O12. The largest absolute Gasteiger partial charge is 0.481 e. The van der Waals surface area contributed by atoms with Crippen LogP contribution < -0.4 is 0 Å². The first-order chi connectivity index (χ1) is 19.9. The maximum Gasteiger partial charge on any atom is 0.382 e. The van der Waals surface area contributed by atoms with E-state index in [0.717, 1.165) is 89.9 Å². The molecule has 12 heteroatoms. The fourth-order valence-electron chi connectivity index (χ4n) is 2.82. The molecule has 0 rings (SSSR count). The second-order valence-electron chi connectivity index (χ2n) is 8.35. The van der Waals surface area contributed by atoms with E-state index >= 15 is 0 Å². The first-order valence-corrected chi connectivity index (χ1v) is 13.2. The highest BCUT2D eigenvalue weighted by Gasteiger charge is 1.97. The van der Waals surface area contributed by atoms with Crippen LogP contribution in [0.2, 0.25) is 0 Å². The van der Waals surface area contributed by atoms with E-state index in [9.17, 15) is 28.8 Å². The predicted octanol–water partition coefficient (Wildman–Crippen LogP) is 3.72. The number of hydrogen-bond acceptors (Lipinski definition) is 6. The predicted molar refractivity (Wildman–Crippen MR) is 151 cm³/mol. The van der Waals surface area contributed by atoms with Gasteiger partial charge in [0.15, 0.2) is 0 Å². The van der Waals surface area contributed by atoms with Crippen molar-refractivity contribution < 1.29 is 59.4 Å². The molecule has 0 aromatic heterocycles. The van der Waals surface area contributed by atoms with Gasteiger partial charge in [-0.25, -0.2) is 19.2 Å². The van der Waals surface area contributed by atoms with Crippen LogP contribution in [0.4, 0.5) is 0 Å². The molecule has 0 unspecified atom stereocenters. The first kappa shape index (κ1) is 41.5. The van der Waals surface area contributed by atoms with Gasteiger partial charge in [0, 0.05) is 49.4 Å². The van der Waals surface area contributed by atoms with Crippen molar-refractivity contribution in [2.24, 2.45) is 0 Å². The van der Waals surface area contributed by atoms with Crippen LogP contribution in [0.15, 0.2) is 0 Å². The summed E-state index contributed by atoms with van der Waals surface area (Å²) in [6.07, 6.45) is 15.0. The molecule has 0 atom stereocenters. The molecular weight excluding hydrogens is 552 g/mol. The maximum atomic E-state index is 10.4. The number of carboxylic acids is 6. The first-order valence-electron chi connectivity index (χ1n) is 13.2. The Morgan fingerprint density at radius 2 is 0.595 bits per heavy atom. The molecule has 12 nitrogen and oxygen atoms in total. The van der Waals surface area contributed by atoms with Crippen LogP contribution in [-0.2, 0) is 28.8 Å². The summed E-state index contributed by atoms with van der Waals surface area (Å²) >= 11 is 0. The third-order valence-electron chi connectivity index (χ3n) is 4.68. The molecule has 230 valence electrons. The summed E-state index contributed by atoms with van der Waals surface area (Å²) in [5.74, 6) is 10.5. The van der Waals surface area contributed by atoms with Gasteiger partial charge >= 0.3 is 35.8 Å². The molecule has 0 radical (unpaired) electrons. The van der Waals surface area contributed by atoms with Gasteiger partial charge in [-0.1, -0.05) is 63.2 Å². The molecule has 0 saturated heterocycles. The molecule has 42 heavy (non-hydrogen) atoms. The fourth-order valence-corrected chi connectivity index (χ4v) is 2.82. The van der Waals surface area contributed by atoms with Gasteiger partial charge in [-0.2, -0.15) is 0 Å². The van der Waals surface area contributed by atoms with Crippen LogP contribution in [0.25, 0.3) is 0 Å². The lowest BCUT2D eigenvalue weighted by Gasteiger charge is -1.98. The summed E-state index contributed by atoms with van der Waals surface area (Å²) in [5.41, 5.74) is 0. The van der Waals surface area contributed by atoms with Gasteiger partial charge in [0.05, 0.1) is 0 Å². The van der Waals surface area contributed by atoms with Crippen molar-refractivity contribution in [3.63, 3.8) is 0 Å². The van der Waals surface area contributed by atoms with Crippen molar-refractivity contribution in [2.75, 3.05) is 0 Å². The Kier molecular flexibility index (Phi) is 31.9. The topological polar surface area (TPSA) is 224 Å². The number of hydrogen-bond donors (Lipinski definition) is 6. The molecule has 0 fully saturated rings. The van der Waals surface area contributed by atoms with Crippen LogP contribution in [0.1, 0.15) is 103 Å². The Bertz CT molecular complexity index is 968. The highest BCUT2D eigenvalue weighted by atomic mass is 16.4. The Labute approximate surface area is 245 Å². The second kappa shape index (κ2) is 32.3. The molecule has 0 heterocycles. The molecule has 0 aliphatic carbocycles. The van der Waals surface area contributed by atoms with Gasteiger partial charge in [-0.05, 0) is 37.5 Å². The van der Waals surface area contributed by atoms with E-state index < -0.39 is 35.8 Å². The van der Waals surface area contributed by atoms with Gasteiger partial charge in [0.1, 0.15) is 0 Å². The van der Waals surface area contributed by atoms with Gasteiger partial charge < -0.3 is 30.6 Å². The zero-order valence-corrected chi connectivity index (χ0v) is 23.4.